The molecule has 0 spiro atoms. The van der Waals surface area contributed by atoms with Crippen LogP contribution in [0, 0.1) is 12.7 Å². The Labute approximate surface area is 195 Å². The van der Waals surface area contributed by atoms with Crippen molar-refractivity contribution in [3.63, 3.8) is 0 Å². The zero-order chi connectivity index (χ0) is 23.2. The third-order valence-corrected chi connectivity index (χ3v) is 6.19. The number of nitrogens with zero attached hydrogens (tertiary/aromatic N) is 4. The van der Waals surface area contributed by atoms with Crippen LogP contribution in [0.15, 0.2) is 54.6 Å². The normalized spacial score (nSPS) is 13.9. The van der Waals surface area contributed by atoms with Gasteiger partial charge in [0.1, 0.15) is 17.5 Å². The number of anilines is 1. The summed E-state index contributed by atoms with van der Waals surface area (Å²) in [5.41, 5.74) is 4.16. The molecule has 0 radical (unpaired) electrons. The fourth-order valence-corrected chi connectivity index (χ4v) is 4.45. The van der Waals surface area contributed by atoms with Gasteiger partial charge < -0.3 is 9.80 Å². The molecule has 0 aliphatic carbocycles. The van der Waals surface area contributed by atoms with Crippen molar-refractivity contribution in [2.45, 2.75) is 39.5 Å². The standard InChI is InChI=1S/C27H31FN4O/c1-3-25-24(19-22-10-7-11-23(28)18-22)27(30-20(2)29-25)32-16-14-31(15-17-32)26(33)13-12-21-8-5-4-6-9-21/h4-11,18H,3,12-17,19H2,1-2H3. The molecule has 0 saturated carbocycles. The topological polar surface area (TPSA) is 49.3 Å². The third-order valence-electron chi connectivity index (χ3n) is 6.19. The molecule has 2 heterocycles. The summed E-state index contributed by atoms with van der Waals surface area (Å²) in [6, 6.07) is 16.9. The number of hydrogen-bond donors (Lipinski definition) is 0. The average Bonchev–Trinajstić information content (AvgIpc) is 2.84. The molecule has 4 rings (SSSR count). The van der Waals surface area contributed by atoms with Gasteiger partial charge in [-0.15, -0.1) is 0 Å². The van der Waals surface area contributed by atoms with Crippen LogP contribution in [0.4, 0.5) is 10.2 Å². The number of rotatable bonds is 7. The van der Waals surface area contributed by atoms with Crippen molar-refractivity contribution in [1.82, 2.24) is 14.9 Å². The predicted octanol–water partition coefficient (Wildman–Crippen LogP) is 4.36. The van der Waals surface area contributed by atoms with Gasteiger partial charge in [-0.05, 0) is 43.0 Å². The highest BCUT2D eigenvalue weighted by Crippen LogP contribution is 2.26. The van der Waals surface area contributed by atoms with E-state index in [1.807, 2.05) is 36.1 Å². The third kappa shape index (κ3) is 5.75. The molecule has 5 nitrogen and oxygen atoms in total. The van der Waals surface area contributed by atoms with Gasteiger partial charge in [0.25, 0.3) is 0 Å². The lowest BCUT2D eigenvalue weighted by Gasteiger charge is -2.36. The van der Waals surface area contributed by atoms with E-state index >= 15 is 0 Å². The van der Waals surface area contributed by atoms with Crippen molar-refractivity contribution in [1.29, 1.82) is 0 Å². The van der Waals surface area contributed by atoms with Gasteiger partial charge in [0.15, 0.2) is 0 Å². The largest absolute Gasteiger partial charge is 0.353 e. The minimum Gasteiger partial charge on any atom is -0.353 e. The van der Waals surface area contributed by atoms with Crippen LogP contribution in [0.1, 0.15) is 41.6 Å². The number of benzene rings is 2. The number of carbonyl (C=O) groups is 1. The van der Waals surface area contributed by atoms with E-state index in [1.165, 1.54) is 11.6 Å². The highest BCUT2D eigenvalue weighted by atomic mass is 19.1. The van der Waals surface area contributed by atoms with Crippen molar-refractivity contribution >= 4 is 11.7 Å². The highest BCUT2D eigenvalue weighted by Gasteiger charge is 2.25. The molecular formula is C27H31FN4O. The number of piperazine rings is 1. The summed E-state index contributed by atoms with van der Waals surface area (Å²) in [7, 11) is 0. The lowest BCUT2D eigenvalue weighted by atomic mass is 10.0. The van der Waals surface area contributed by atoms with Crippen LogP contribution in [0.2, 0.25) is 0 Å². The van der Waals surface area contributed by atoms with Crippen LogP contribution < -0.4 is 4.90 Å². The second-order valence-electron chi connectivity index (χ2n) is 8.53. The zero-order valence-corrected chi connectivity index (χ0v) is 19.4. The number of aryl methyl sites for hydroxylation is 3. The Bertz CT molecular complexity index is 1090. The van der Waals surface area contributed by atoms with Crippen LogP contribution in [-0.2, 0) is 24.1 Å². The Morgan fingerprint density at radius 3 is 2.39 bits per heavy atom. The van der Waals surface area contributed by atoms with Crippen molar-refractivity contribution in [2.24, 2.45) is 0 Å². The van der Waals surface area contributed by atoms with E-state index in [0.717, 1.165) is 54.4 Å². The molecule has 6 heteroatoms. The van der Waals surface area contributed by atoms with Crippen molar-refractivity contribution in [2.75, 3.05) is 31.1 Å². The molecule has 172 valence electrons. The summed E-state index contributed by atoms with van der Waals surface area (Å²) in [5.74, 6) is 1.63. The maximum atomic E-state index is 13.8. The first-order valence-electron chi connectivity index (χ1n) is 11.7. The second kappa shape index (κ2) is 10.6. The van der Waals surface area contributed by atoms with Crippen LogP contribution in [0.5, 0.6) is 0 Å². The van der Waals surface area contributed by atoms with Crippen LogP contribution >= 0.6 is 0 Å². The molecule has 1 aliphatic rings. The summed E-state index contributed by atoms with van der Waals surface area (Å²) in [5, 5.41) is 0. The molecule has 2 aromatic carbocycles. The Morgan fingerprint density at radius 2 is 1.70 bits per heavy atom. The van der Waals surface area contributed by atoms with Gasteiger partial charge in [0.05, 0.1) is 0 Å². The van der Waals surface area contributed by atoms with Crippen molar-refractivity contribution < 1.29 is 9.18 Å². The van der Waals surface area contributed by atoms with Gasteiger partial charge in [-0.25, -0.2) is 14.4 Å². The summed E-state index contributed by atoms with van der Waals surface area (Å²) in [6.07, 6.45) is 2.68. The average molecular weight is 447 g/mol. The summed E-state index contributed by atoms with van der Waals surface area (Å²) < 4.78 is 13.8. The van der Waals surface area contributed by atoms with Gasteiger partial charge in [0.2, 0.25) is 5.91 Å². The molecule has 33 heavy (non-hydrogen) atoms. The van der Waals surface area contributed by atoms with E-state index < -0.39 is 0 Å². The van der Waals surface area contributed by atoms with Gasteiger partial charge in [-0.1, -0.05) is 49.4 Å². The quantitative estimate of drug-likeness (QED) is 0.541. The van der Waals surface area contributed by atoms with Gasteiger partial charge in [-0.2, -0.15) is 0 Å². The number of amides is 1. The smallest absolute Gasteiger partial charge is 0.223 e. The van der Waals surface area contributed by atoms with Crippen LogP contribution in [-0.4, -0.2) is 47.0 Å². The van der Waals surface area contributed by atoms with Crippen molar-refractivity contribution in [3.8, 4) is 0 Å². The maximum Gasteiger partial charge on any atom is 0.223 e. The van der Waals surface area contributed by atoms with E-state index in [0.29, 0.717) is 25.9 Å². The first kappa shape index (κ1) is 22.9. The molecule has 0 N–H and O–H groups in total. The van der Waals surface area contributed by atoms with Crippen molar-refractivity contribution in [3.05, 3.63) is 88.6 Å². The molecule has 1 saturated heterocycles. The van der Waals surface area contributed by atoms with E-state index in [9.17, 15) is 9.18 Å². The molecule has 0 bridgehead atoms. The molecule has 1 fully saturated rings. The molecule has 3 aromatic rings. The minimum absolute atomic E-state index is 0.201. The lowest BCUT2D eigenvalue weighted by molar-refractivity contribution is -0.131. The number of carbonyl (C=O) groups excluding carboxylic acids is 1. The summed E-state index contributed by atoms with van der Waals surface area (Å²) in [6.45, 7) is 6.82. The first-order chi connectivity index (χ1) is 16.0. The molecule has 1 aromatic heterocycles. The SMILES string of the molecule is CCc1nc(C)nc(N2CCN(C(=O)CCc3ccccc3)CC2)c1Cc1cccc(F)c1. The van der Waals surface area contributed by atoms with Gasteiger partial charge in [0, 0.05) is 50.3 Å². The molecule has 1 amide bonds. The summed E-state index contributed by atoms with van der Waals surface area (Å²) in [4.78, 5) is 26.4. The molecule has 1 aliphatic heterocycles. The van der Waals surface area contributed by atoms with E-state index in [4.69, 9.17) is 4.98 Å². The number of hydrogen-bond acceptors (Lipinski definition) is 4. The Balaban J connectivity index is 1.46. The molecular weight excluding hydrogens is 415 g/mol. The van der Waals surface area contributed by atoms with E-state index in [2.05, 4.69) is 28.9 Å². The van der Waals surface area contributed by atoms with E-state index in [1.54, 1.807) is 12.1 Å². The highest BCUT2D eigenvalue weighted by molar-refractivity contribution is 5.76. The molecule has 0 unspecified atom stereocenters. The first-order valence-corrected chi connectivity index (χ1v) is 11.7. The monoisotopic (exact) mass is 446 g/mol. The Kier molecular flexibility index (Phi) is 7.33. The van der Waals surface area contributed by atoms with Crippen LogP contribution in [0.25, 0.3) is 0 Å². The van der Waals surface area contributed by atoms with Gasteiger partial charge in [-0.3, -0.25) is 4.79 Å². The van der Waals surface area contributed by atoms with Gasteiger partial charge >= 0.3 is 0 Å². The molecule has 0 atom stereocenters. The Hall–Kier alpha value is -3.28. The number of aromatic nitrogens is 2. The number of halogens is 1. The predicted molar refractivity (Wildman–Crippen MR) is 129 cm³/mol. The maximum absolute atomic E-state index is 13.8. The second-order valence-corrected chi connectivity index (χ2v) is 8.53. The lowest BCUT2D eigenvalue weighted by Crippen LogP contribution is -2.49. The van der Waals surface area contributed by atoms with E-state index in [-0.39, 0.29) is 11.7 Å². The zero-order valence-electron chi connectivity index (χ0n) is 19.4. The Morgan fingerprint density at radius 1 is 0.970 bits per heavy atom. The van der Waals surface area contributed by atoms with Crippen LogP contribution in [0.3, 0.4) is 0 Å². The fraction of sp³-hybridized carbons (Fsp3) is 0.370. The summed E-state index contributed by atoms with van der Waals surface area (Å²) >= 11 is 0. The fourth-order valence-electron chi connectivity index (χ4n) is 4.45. The minimum atomic E-state index is -0.234.